The molecule has 102 valence electrons. The molecular formula is C9H13O8P. The van der Waals surface area contributed by atoms with Gasteiger partial charge in [-0.05, 0) is 6.92 Å². The molecule has 0 radical (unpaired) electrons. The maximum Gasteiger partial charge on any atom is 0.389 e. The van der Waals surface area contributed by atoms with E-state index < -0.39 is 30.6 Å². The number of carbonyl (C=O) groups is 2. The quantitative estimate of drug-likeness (QED) is 0.580. The van der Waals surface area contributed by atoms with Crippen LogP contribution in [-0.2, 0) is 32.7 Å². The van der Waals surface area contributed by atoms with E-state index >= 15 is 0 Å². The van der Waals surface area contributed by atoms with Gasteiger partial charge in [-0.15, -0.1) is 0 Å². The highest BCUT2D eigenvalue weighted by atomic mass is 31.2. The molecule has 0 fully saturated rings. The van der Waals surface area contributed by atoms with Crippen molar-refractivity contribution in [1.82, 2.24) is 0 Å². The zero-order chi connectivity index (χ0) is 14.0. The van der Waals surface area contributed by atoms with Crippen molar-refractivity contribution in [2.45, 2.75) is 12.3 Å². The van der Waals surface area contributed by atoms with Crippen molar-refractivity contribution in [2.24, 2.45) is 0 Å². The molecule has 1 heterocycles. The number of hydrogen-bond acceptors (Lipinski definition) is 8. The van der Waals surface area contributed by atoms with E-state index in [1.165, 1.54) is 6.92 Å². The largest absolute Gasteiger partial charge is 0.502 e. The molecule has 0 aromatic heterocycles. The summed E-state index contributed by atoms with van der Waals surface area (Å²) in [7, 11) is -2.14. The molecular weight excluding hydrogens is 267 g/mol. The minimum absolute atomic E-state index is 0.0415. The normalized spacial score (nSPS) is 23.5. The Morgan fingerprint density at radius 2 is 2.06 bits per heavy atom. The van der Waals surface area contributed by atoms with Crippen molar-refractivity contribution in [3.8, 4) is 0 Å². The number of esters is 2. The van der Waals surface area contributed by atoms with Crippen molar-refractivity contribution < 1.29 is 37.8 Å². The second kappa shape index (κ2) is 5.09. The molecule has 0 aromatic rings. The van der Waals surface area contributed by atoms with Crippen LogP contribution < -0.4 is 0 Å². The van der Waals surface area contributed by atoms with E-state index in [4.69, 9.17) is 0 Å². The molecule has 1 aliphatic heterocycles. The zero-order valence-corrected chi connectivity index (χ0v) is 10.9. The third-order valence-corrected chi connectivity index (χ3v) is 4.42. The minimum atomic E-state index is -4.17. The van der Waals surface area contributed by atoms with Crippen LogP contribution in [0.2, 0.25) is 0 Å². The first kappa shape index (κ1) is 14.7. The van der Waals surface area contributed by atoms with Gasteiger partial charge in [-0.3, -0.25) is 4.57 Å². The minimum Gasteiger partial charge on any atom is -0.502 e. The van der Waals surface area contributed by atoms with Crippen molar-refractivity contribution in [2.75, 3.05) is 20.8 Å². The van der Waals surface area contributed by atoms with Gasteiger partial charge in [0.05, 0.1) is 6.61 Å². The van der Waals surface area contributed by atoms with Crippen LogP contribution in [0.1, 0.15) is 6.92 Å². The number of ether oxygens (including phenoxy) is 2. The highest BCUT2D eigenvalue weighted by Crippen LogP contribution is 2.62. The molecule has 1 N–H and O–H groups in total. The van der Waals surface area contributed by atoms with E-state index in [1.54, 1.807) is 0 Å². The van der Waals surface area contributed by atoms with Crippen molar-refractivity contribution in [3.05, 3.63) is 11.8 Å². The molecule has 1 atom stereocenters. The first-order valence-corrected chi connectivity index (χ1v) is 6.45. The molecule has 18 heavy (non-hydrogen) atoms. The van der Waals surface area contributed by atoms with Crippen LogP contribution in [-0.4, -0.2) is 43.2 Å². The van der Waals surface area contributed by atoms with E-state index in [2.05, 4.69) is 18.5 Å². The summed E-state index contributed by atoms with van der Waals surface area (Å²) in [5.41, 5.74) is 0. The second-order valence-corrected chi connectivity index (χ2v) is 5.59. The predicted octanol–water partition coefficient (Wildman–Crippen LogP) is 0.730. The van der Waals surface area contributed by atoms with E-state index in [9.17, 15) is 19.3 Å². The van der Waals surface area contributed by atoms with Crippen LogP contribution in [0, 0.1) is 0 Å². The Morgan fingerprint density at radius 1 is 1.50 bits per heavy atom. The first-order valence-electron chi connectivity index (χ1n) is 4.91. The summed E-state index contributed by atoms with van der Waals surface area (Å²) in [6.45, 7) is 1.47. The summed E-state index contributed by atoms with van der Waals surface area (Å²) in [4.78, 5) is 23.0. The third kappa shape index (κ3) is 2.03. The Morgan fingerprint density at radius 3 is 2.39 bits per heavy atom. The maximum absolute atomic E-state index is 12.3. The SMILES string of the molecule is CCOC(=O)C1(P(=O)(OC)OC)C=C(O)C(=O)O1. The Hall–Kier alpha value is -1.37. The van der Waals surface area contributed by atoms with Crippen LogP contribution >= 0.6 is 7.60 Å². The second-order valence-electron chi connectivity index (χ2n) is 3.20. The van der Waals surface area contributed by atoms with Gasteiger partial charge in [0.2, 0.25) is 5.76 Å². The van der Waals surface area contributed by atoms with Gasteiger partial charge in [0.15, 0.2) is 0 Å². The molecule has 1 unspecified atom stereocenters. The summed E-state index contributed by atoms with van der Waals surface area (Å²) in [6, 6.07) is 0. The van der Waals surface area contributed by atoms with Crippen LogP contribution in [0.3, 0.4) is 0 Å². The van der Waals surface area contributed by atoms with E-state index in [0.29, 0.717) is 6.08 Å². The van der Waals surface area contributed by atoms with Gasteiger partial charge in [-0.25, -0.2) is 9.59 Å². The topological polar surface area (TPSA) is 108 Å². The van der Waals surface area contributed by atoms with E-state index in [0.717, 1.165) is 14.2 Å². The summed E-state index contributed by atoms with van der Waals surface area (Å²) < 4.78 is 30.9. The standard InChI is InChI=1S/C9H13O8P/c1-4-16-8(12)9(18(13,14-2)15-3)5-6(10)7(11)17-9/h5,10H,4H2,1-3H3. The molecule has 0 spiro atoms. The number of carbonyl (C=O) groups excluding carboxylic acids is 2. The Bertz CT molecular complexity index is 434. The van der Waals surface area contributed by atoms with Crippen molar-refractivity contribution in [3.63, 3.8) is 0 Å². The number of cyclic esters (lactones) is 1. The Balaban J connectivity index is 3.33. The number of hydrogen-bond donors (Lipinski definition) is 1. The van der Waals surface area contributed by atoms with Gasteiger partial charge in [0.1, 0.15) is 0 Å². The highest BCUT2D eigenvalue weighted by Gasteiger charge is 2.64. The van der Waals surface area contributed by atoms with Crippen LogP contribution in [0.4, 0.5) is 0 Å². The molecule has 1 aliphatic rings. The fraction of sp³-hybridized carbons (Fsp3) is 0.556. The van der Waals surface area contributed by atoms with E-state index in [-0.39, 0.29) is 6.61 Å². The van der Waals surface area contributed by atoms with Gasteiger partial charge in [-0.1, -0.05) is 0 Å². The zero-order valence-electron chi connectivity index (χ0n) is 10.0. The number of aliphatic hydroxyl groups excluding tert-OH is 1. The average Bonchev–Trinajstić information content (AvgIpc) is 2.66. The highest BCUT2D eigenvalue weighted by molar-refractivity contribution is 7.56. The molecule has 1 rings (SSSR count). The molecule has 0 saturated carbocycles. The van der Waals surface area contributed by atoms with Gasteiger partial charge < -0.3 is 23.6 Å². The molecule has 8 nitrogen and oxygen atoms in total. The summed E-state index contributed by atoms with van der Waals surface area (Å²) in [5, 5.41) is 6.84. The monoisotopic (exact) mass is 280 g/mol. The first-order chi connectivity index (χ1) is 8.36. The molecule has 0 amide bonds. The number of rotatable bonds is 5. The van der Waals surface area contributed by atoms with Gasteiger partial charge >= 0.3 is 24.9 Å². The van der Waals surface area contributed by atoms with Crippen LogP contribution in [0.5, 0.6) is 0 Å². The van der Waals surface area contributed by atoms with Crippen LogP contribution in [0.25, 0.3) is 0 Å². The lowest BCUT2D eigenvalue weighted by atomic mass is 10.3. The lowest BCUT2D eigenvalue weighted by molar-refractivity contribution is -0.165. The average molecular weight is 280 g/mol. The fourth-order valence-electron chi connectivity index (χ4n) is 1.39. The molecule has 0 aromatic carbocycles. The molecule has 9 heteroatoms. The lowest BCUT2D eigenvalue weighted by Crippen LogP contribution is -2.40. The van der Waals surface area contributed by atoms with Gasteiger partial charge in [0, 0.05) is 20.3 Å². The maximum atomic E-state index is 12.3. The smallest absolute Gasteiger partial charge is 0.389 e. The van der Waals surface area contributed by atoms with Gasteiger partial charge in [-0.2, -0.15) is 0 Å². The fourth-order valence-corrected chi connectivity index (χ4v) is 2.85. The number of aliphatic hydroxyl groups is 1. The Kier molecular flexibility index (Phi) is 4.16. The molecule has 0 aliphatic carbocycles. The Labute approximate surface area is 103 Å². The third-order valence-electron chi connectivity index (χ3n) is 2.25. The van der Waals surface area contributed by atoms with Gasteiger partial charge in [0.25, 0.3) is 0 Å². The van der Waals surface area contributed by atoms with Crippen molar-refractivity contribution in [1.29, 1.82) is 0 Å². The van der Waals surface area contributed by atoms with Crippen LogP contribution in [0.15, 0.2) is 11.8 Å². The van der Waals surface area contributed by atoms with Crippen molar-refractivity contribution >= 4 is 19.5 Å². The lowest BCUT2D eigenvalue weighted by Gasteiger charge is -2.28. The molecule has 0 bridgehead atoms. The molecule has 0 saturated heterocycles. The summed E-state index contributed by atoms with van der Waals surface area (Å²) in [5.74, 6) is -3.22. The summed E-state index contributed by atoms with van der Waals surface area (Å²) >= 11 is 0. The summed E-state index contributed by atoms with van der Waals surface area (Å²) in [6.07, 6.45) is 0.668. The van der Waals surface area contributed by atoms with E-state index in [1.807, 2.05) is 0 Å². The predicted molar refractivity (Wildman–Crippen MR) is 57.8 cm³/mol.